The maximum Gasteiger partial charge on any atom is 0.233 e. The Morgan fingerprint density at radius 3 is 3.00 bits per heavy atom. The molecule has 0 aliphatic carbocycles. The van der Waals surface area contributed by atoms with Gasteiger partial charge in [0, 0.05) is 31.0 Å². The zero-order valence-electron chi connectivity index (χ0n) is 10.1. The van der Waals surface area contributed by atoms with Crippen LogP contribution >= 0.6 is 11.6 Å². The van der Waals surface area contributed by atoms with Crippen molar-refractivity contribution in [3.05, 3.63) is 17.8 Å². The number of hydrogen-bond acceptors (Lipinski definition) is 4. The molecule has 0 radical (unpaired) electrons. The van der Waals surface area contributed by atoms with E-state index in [9.17, 15) is 0 Å². The largest absolute Gasteiger partial charge is 0.480 e. The predicted molar refractivity (Wildman–Crippen MR) is 67.6 cm³/mol. The SMILES string of the molecule is COc1ccc(CCN2CCC[C@@H](Cl)C2)nn1. The molecular formula is C12H18ClN3O. The van der Waals surface area contributed by atoms with Gasteiger partial charge in [-0.05, 0) is 25.5 Å². The smallest absolute Gasteiger partial charge is 0.233 e. The summed E-state index contributed by atoms with van der Waals surface area (Å²) in [6, 6.07) is 3.82. The highest BCUT2D eigenvalue weighted by atomic mass is 35.5. The van der Waals surface area contributed by atoms with Gasteiger partial charge in [0.15, 0.2) is 0 Å². The molecule has 0 unspecified atom stereocenters. The molecule has 0 bridgehead atoms. The van der Waals surface area contributed by atoms with E-state index in [2.05, 4.69) is 15.1 Å². The summed E-state index contributed by atoms with van der Waals surface area (Å²) in [6.45, 7) is 3.14. The van der Waals surface area contributed by atoms with Crippen LogP contribution in [0.1, 0.15) is 18.5 Å². The van der Waals surface area contributed by atoms with Crippen molar-refractivity contribution in [2.45, 2.75) is 24.6 Å². The van der Waals surface area contributed by atoms with Crippen molar-refractivity contribution < 1.29 is 4.74 Å². The number of nitrogens with zero attached hydrogens (tertiary/aromatic N) is 3. The lowest BCUT2D eigenvalue weighted by Crippen LogP contribution is -2.37. The van der Waals surface area contributed by atoms with Gasteiger partial charge in [-0.3, -0.25) is 0 Å². The lowest BCUT2D eigenvalue weighted by Gasteiger charge is -2.29. The zero-order chi connectivity index (χ0) is 12.1. The van der Waals surface area contributed by atoms with Crippen LogP contribution in [0.3, 0.4) is 0 Å². The lowest BCUT2D eigenvalue weighted by molar-refractivity contribution is 0.234. The number of rotatable bonds is 4. The maximum atomic E-state index is 6.15. The van der Waals surface area contributed by atoms with Gasteiger partial charge < -0.3 is 9.64 Å². The first-order valence-electron chi connectivity index (χ1n) is 6.01. The van der Waals surface area contributed by atoms with Gasteiger partial charge in [-0.25, -0.2) is 0 Å². The summed E-state index contributed by atoms with van der Waals surface area (Å²) < 4.78 is 4.98. The van der Waals surface area contributed by atoms with Gasteiger partial charge in [0.2, 0.25) is 5.88 Å². The maximum absolute atomic E-state index is 6.15. The summed E-state index contributed by atoms with van der Waals surface area (Å²) in [5, 5.41) is 8.39. The Kier molecular flexibility index (Phi) is 4.57. The Morgan fingerprint density at radius 1 is 1.47 bits per heavy atom. The van der Waals surface area contributed by atoms with Crippen LogP contribution < -0.4 is 4.74 Å². The zero-order valence-corrected chi connectivity index (χ0v) is 10.9. The Labute approximate surface area is 107 Å². The molecule has 1 aromatic rings. The molecule has 2 rings (SSSR count). The molecule has 1 fully saturated rings. The van der Waals surface area contributed by atoms with E-state index in [1.807, 2.05) is 12.1 Å². The van der Waals surface area contributed by atoms with E-state index in [1.54, 1.807) is 7.11 Å². The van der Waals surface area contributed by atoms with Crippen LogP contribution in [0.15, 0.2) is 12.1 Å². The highest BCUT2D eigenvalue weighted by Crippen LogP contribution is 2.15. The molecule has 0 saturated carbocycles. The van der Waals surface area contributed by atoms with Crippen LogP contribution in [0.5, 0.6) is 5.88 Å². The molecule has 0 N–H and O–H groups in total. The average Bonchev–Trinajstić information content (AvgIpc) is 2.37. The monoisotopic (exact) mass is 255 g/mol. The van der Waals surface area contributed by atoms with E-state index in [1.165, 1.54) is 6.42 Å². The number of ether oxygens (including phenoxy) is 1. The molecule has 17 heavy (non-hydrogen) atoms. The van der Waals surface area contributed by atoms with E-state index >= 15 is 0 Å². The Morgan fingerprint density at radius 2 is 2.35 bits per heavy atom. The van der Waals surface area contributed by atoms with Crippen molar-refractivity contribution in [3.8, 4) is 5.88 Å². The highest BCUT2D eigenvalue weighted by molar-refractivity contribution is 6.20. The van der Waals surface area contributed by atoms with Crippen LogP contribution in [-0.4, -0.2) is 47.2 Å². The van der Waals surface area contributed by atoms with Gasteiger partial charge in [-0.15, -0.1) is 16.7 Å². The Hall–Kier alpha value is -0.870. The number of halogens is 1. The fourth-order valence-corrected chi connectivity index (χ4v) is 2.41. The number of hydrogen-bond donors (Lipinski definition) is 0. The standard InChI is InChI=1S/C12H18ClN3O/c1-17-12-5-4-11(14-15-12)6-8-16-7-2-3-10(13)9-16/h4-5,10H,2-3,6-9H2,1H3/t10-/m1/s1. The first-order valence-corrected chi connectivity index (χ1v) is 6.44. The molecule has 1 saturated heterocycles. The van der Waals surface area contributed by atoms with Gasteiger partial charge in [-0.2, -0.15) is 5.10 Å². The summed E-state index contributed by atoms with van der Waals surface area (Å²) in [6.07, 6.45) is 3.25. The summed E-state index contributed by atoms with van der Waals surface area (Å²) >= 11 is 6.15. The van der Waals surface area contributed by atoms with Crippen molar-refractivity contribution in [3.63, 3.8) is 0 Å². The lowest BCUT2D eigenvalue weighted by atomic mass is 10.1. The third kappa shape index (κ3) is 3.82. The first kappa shape index (κ1) is 12.6. The fraction of sp³-hybridized carbons (Fsp3) is 0.667. The summed E-state index contributed by atoms with van der Waals surface area (Å²) in [5.41, 5.74) is 1.00. The number of methoxy groups -OCH3 is 1. The fourth-order valence-electron chi connectivity index (χ4n) is 2.06. The average molecular weight is 256 g/mol. The van der Waals surface area contributed by atoms with Gasteiger partial charge in [-0.1, -0.05) is 0 Å². The number of aromatic nitrogens is 2. The van der Waals surface area contributed by atoms with Crippen molar-refractivity contribution in [1.29, 1.82) is 0 Å². The van der Waals surface area contributed by atoms with Crippen LogP contribution in [0.25, 0.3) is 0 Å². The molecule has 94 valence electrons. The normalized spacial score (nSPS) is 21.4. The quantitative estimate of drug-likeness (QED) is 0.768. The summed E-state index contributed by atoms with van der Waals surface area (Å²) in [7, 11) is 1.60. The number of alkyl halides is 1. The minimum Gasteiger partial charge on any atom is -0.480 e. The summed E-state index contributed by atoms with van der Waals surface area (Å²) in [5.74, 6) is 0.563. The van der Waals surface area contributed by atoms with Gasteiger partial charge in [0.05, 0.1) is 12.8 Å². The molecule has 0 amide bonds. The van der Waals surface area contributed by atoms with Crippen LogP contribution in [0.4, 0.5) is 0 Å². The van der Waals surface area contributed by atoms with Crippen LogP contribution in [0, 0.1) is 0 Å². The molecule has 0 aromatic carbocycles. The predicted octanol–water partition coefficient (Wildman–Crippen LogP) is 1.73. The molecule has 1 atom stereocenters. The van der Waals surface area contributed by atoms with Gasteiger partial charge >= 0.3 is 0 Å². The first-order chi connectivity index (χ1) is 8.28. The Balaban J connectivity index is 1.80. The van der Waals surface area contributed by atoms with Gasteiger partial charge in [0.1, 0.15) is 0 Å². The molecule has 1 aliphatic rings. The van der Waals surface area contributed by atoms with E-state index in [4.69, 9.17) is 16.3 Å². The highest BCUT2D eigenvalue weighted by Gasteiger charge is 2.17. The van der Waals surface area contributed by atoms with Crippen molar-refractivity contribution in [1.82, 2.24) is 15.1 Å². The van der Waals surface area contributed by atoms with Gasteiger partial charge in [0.25, 0.3) is 0 Å². The third-order valence-corrected chi connectivity index (χ3v) is 3.39. The molecule has 5 heteroatoms. The molecule has 1 aliphatic heterocycles. The second-order valence-corrected chi connectivity index (χ2v) is 4.97. The van der Waals surface area contributed by atoms with Crippen molar-refractivity contribution in [2.24, 2.45) is 0 Å². The van der Waals surface area contributed by atoms with E-state index in [0.29, 0.717) is 11.3 Å². The minimum atomic E-state index is 0.311. The summed E-state index contributed by atoms with van der Waals surface area (Å²) in [4.78, 5) is 2.40. The second kappa shape index (κ2) is 6.17. The molecule has 0 spiro atoms. The molecule has 4 nitrogen and oxygen atoms in total. The molecule has 1 aromatic heterocycles. The third-order valence-electron chi connectivity index (χ3n) is 3.04. The van der Waals surface area contributed by atoms with Crippen molar-refractivity contribution in [2.75, 3.05) is 26.7 Å². The topological polar surface area (TPSA) is 38.2 Å². The van der Waals surface area contributed by atoms with Crippen LogP contribution in [0.2, 0.25) is 0 Å². The molecule has 2 heterocycles. The number of piperidine rings is 1. The molecular weight excluding hydrogens is 238 g/mol. The Bertz CT molecular complexity index is 344. The van der Waals surface area contributed by atoms with Crippen molar-refractivity contribution >= 4 is 11.6 Å². The van der Waals surface area contributed by atoms with E-state index < -0.39 is 0 Å². The minimum absolute atomic E-state index is 0.311. The van der Waals surface area contributed by atoms with Crippen LogP contribution in [-0.2, 0) is 6.42 Å². The van der Waals surface area contributed by atoms with E-state index in [-0.39, 0.29) is 0 Å². The van der Waals surface area contributed by atoms with E-state index in [0.717, 1.165) is 38.2 Å². The number of likely N-dealkylation sites (tertiary alicyclic amines) is 1. The second-order valence-electron chi connectivity index (χ2n) is 4.36.